The van der Waals surface area contributed by atoms with Crippen molar-refractivity contribution in [3.8, 4) is 0 Å². The molecule has 0 aliphatic heterocycles. The molecule has 2 N–H and O–H groups in total. The van der Waals surface area contributed by atoms with Gasteiger partial charge in [0, 0.05) is 19.4 Å². The molecule has 0 unspecified atom stereocenters. The first-order chi connectivity index (χ1) is 9.02. The van der Waals surface area contributed by atoms with E-state index >= 15 is 0 Å². The second-order valence-corrected chi connectivity index (χ2v) is 4.82. The number of nitrogens with one attached hydrogen (secondary N) is 2. The van der Waals surface area contributed by atoms with Gasteiger partial charge in [-0.15, -0.1) is 0 Å². The van der Waals surface area contributed by atoms with Crippen LogP contribution < -0.4 is 10.6 Å². The highest BCUT2D eigenvalue weighted by Gasteiger charge is 2.22. The first kappa shape index (κ1) is 18.1. The summed E-state index contributed by atoms with van der Waals surface area (Å²) in [7, 11) is 0. The summed E-state index contributed by atoms with van der Waals surface area (Å²) >= 11 is 0. The van der Waals surface area contributed by atoms with Crippen molar-refractivity contribution < 1.29 is 14.3 Å². The Hall–Kier alpha value is -0.940. The molecule has 0 aliphatic carbocycles. The lowest BCUT2D eigenvalue weighted by Gasteiger charge is -2.20. The molecule has 19 heavy (non-hydrogen) atoms. The van der Waals surface area contributed by atoms with Gasteiger partial charge in [0.1, 0.15) is 0 Å². The maximum absolute atomic E-state index is 11.7. The average Bonchev–Trinajstić information content (AvgIpc) is 2.38. The minimum Gasteiger partial charge on any atom is -0.380 e. The topological polar surface area (TPSA) is 67.4 Å². The Morgan fingerprint density at radius 1 is 1.16 bits per heavy atom. The SMILES string of the molecule is CCNCCOCCC(=O)N[C@@H](C(=O)CC)C(C)C. The fourth-order valence-corrected chi connectivity index (χ4v) is 1.67. The van der Waals surface area contributed by atoms with Crippen molar-refractivity contribution in [3.05, 3.63) is 0 Å². The first-order valence-electron chi connectivity index (χ1n) is 7.13. The van der Waals surface area contributed by atoms with E-state index in [2.05, 4.69) is 10.6 Å². The van der Waals surface area contributed by atoms with E-state index in [9.17, 15) is 9.59 Å². The molecule has 0 heterocycles. The van der Waals surface area contributed by atoms with Crippen molar-refractivity contribution in [1.29, 1.82) is 0 Å². The molecule has 0 rings (SSSR count). The van der Waals surface area contributed by atoms with Crippen LogP contribution in [0.15, 0.2) is 0 Å². The number of ketones is 1. The molecule has 0 saturated heterocycles. The third-order valence-electron chi connectivity index (χ3n) is 2.83. The van der Waals surface area contributed by atoms with Gasteiger partial charge in [-0.25, -0.2) is 0 Å². The summed E-state index contributed by atoms with van der Waals surface area (Å²) in [5.74, 6) is 0.0754. The van der Waals surface area contributed by atoms with Crippen molar-refractivity contribution in [1.82, 2.24) is 10.6 Å². The number of carbonyl (C=O) groups excluding carboxylic acids is 2. The molecule has 0 aromatic heterocycles. The predicted molar refractivity (Wildman–Crippen MR) is 76.0 cm³/mol. The number of amides is 1. The number of ether oxygens (including phenoxy) is 1. The summed E-state index contributed by atoms with van der Waals surface area (Å²) in [5.41, 5.74) is 0. The molecule has 5 nitrogen and oxygen atoms in total. The van der Waals surface area contributed by atoms with Gasteiger partial charge in [0.2, 0.25) is 5.91 Å². The smallest absolute Gasteiger partial charge is 0.222 e. The van der Waals surface area contributed by atoms with E-state index < -0.39 is 0 Å². The van der Waals surface area contributed by atoms with E-state index in [4.69, 9.17) is 4.74 Å². The number of rotatable bonds is 11. The van der Waals surface area contributed by atoms with Crippen LogP contribution in [0.1, 0.15) is 40.5 Å². The van der Waals surface area contributed by atoms with Gasteiger partial charge in [-0.2, -0.15) is 0 Å². The Balaban J connectivity index is 3.85. The molecule has 112 valence electrons. The van der Waals surface area contributed by atoms with Crippen LogP contribution in [-0.2, 0) is 14.3 Å². The van der Waals surface area contributed by atoms with Crippen LogP contribution in [-0.4, -0.2) is 44.0 Å². The Kier molecular flexibility index (Phi) is 10.4. The minimum atomic E-state index is -0.376. The Bertz CT molecular complexity index is 267. The lowest BCUT2D eigenvalue weighted by atomic mass is 9.98. The van der Waals surface area contributed by atoms with Crippen LogP contribution >= 0.6 is 0 Å². The highest BCUT2D eigenvalue weighted by Crippen LogP contribution is 2.05. The van der Waals surface area contributed by atoms with Crippen LogP contribution in [0.3, 0.4) is 0 Å². The monoisotopic (exact) mass is 272 g/mol. The molecular weight excluding hydrogens is 244 g/mol. The van der Waals surface area contributed by atoms with E-state index in [1.165, 1.54) is 0 Å². The highest BCUT2D eigenvalue weighted by molar-refractivity contribution is 5.89. The van der Waals surface area contributed by atoms with Gasteiger partial charge in [-0.3, -0.25) is 9.59 Å². The zero-order valence-electron chi connectivity index (χ0n) is 12.6. The molecule has 0 aromatic rings. The largest absolute Gasteiger partial charge is 0.380 e. The van der Waals surface area contributed by atoms with Gasteiger partial charge in [0.25, 0.3) is 0 Å². The number of carbonyl (C=O) groups is 2. The van der Waals surface area contributed by atoms with E-state index in [0.717, 1.165) is 13.1 Å². The van der Waals surface area contributed by atoms with Crippen LogP contribution in [0.25, 0.3) is 0 Å². The molecule has 0 bridgehead atoms. The zero-order chi connectivity index (χ0) is 14.7. The lowest BCUT2D eigenvalue weighted by Crippen LogP contribution is -2.44. The number of hydrogen-bond donors (Lipinski definition) is 2. The zero-order valence-corrected chi connectivity index (χ0v) is 12.6. The number of likely N-dealkylation sites (N-methyl/N-ethyl adjacent to an activating group) is 1. The highest BCUT2D eigenvalue weighted by atomic mass is 16.5. The minimum absolute atomic E-state index is 0.0800. The van der Waals surface area contributed by atoms with Crippen LogP contribution in [0, 0.1) is 5.92 Å². The summed E-state index contributed by atoms with van der Waals surface area (Å²) in [6.07, 6.45) is 0.745. The summed E-state index contributed by atoms with van der Waals surface area (Å²) in [6, 6.07) is -0.376. The second kappa shape index (κ2) is 10.9. The maximum Gasteiger partial charge on any atom is 0.222 e. The van der Waals surface area contributed by atoms with E-state index in [-0.39, 0.29) is 23.7 Å². The maximum atomic E-state index is 11.7. The average molecular weight is 272 g/mol. The molecule has 0 saturated carbocycles. The Morgan fingerprint density at radius 3 is 2.37 bits per heavy atom. The van der Waals surface area contributed by atoms with Gasteiger partial charge in [0.15, 0.2) is 5.78 Å². The van der Waals surface area contributed by atoms with Gasteiger partial charge in [-0.1, -0.05) is 27.7 Å². The van der Waals surface area contributed by atoms with Crippen molar-refractivity contribution in [3.63, 3.8) is 0 Å². The summed E-state index contributed by atoms with van der Waals surface area (Å²) in [5, 5.41) is 5.92. The molecule has 0 aromatic carbocycles. The van der Waals surface area contributed by atoms with Gasteiger partial charge in [-0.05, 0) is 12.5 Å². The van der Waals surface area contributed by atoms with Crippen LogP contribution in [0.4, 0.5) is 0 Å². The predicted octanol–water partition coefficient (Wildman–Crippen LogP) is 1.12. The third kappa shape index (κ3) is 8.72. The summed E-state index contributed by atoms with van der Waals surface area (Å²) < 4.78 is 5.33. The standard InChI is InChI=1S/C14H28N2O3/c1-5-12(17)14(11(3)4)16-13(18)7-9-19-10-8-15-6-2/h11,14-15H,5-10H2,1-4H3,(H,16,18)/t14-/m1/s1. The normalized spacial score (nSPS) is 12.5. The van der Waals surface area contributed by atoms with Crippen molar-refractivity contribution in [2.75, 3.05) is 26.3 Å². The Morgan fingerprint density at radius 2 is 1.84 bits per heavy atom. The summed E-state index contributed by atoms with van der Waals surface area (Å²) in [6.45, 7) is 10.4. The third-order valence-corrected chi connectivity index (χ3v) is 2.83. The lowest BCUT2D eigenvalue weighted by molar-refractivity contribution is -0.129. The van der Waals surface area contributed by atoms with Crippen molar-refractivity contribution in [2.24, 2.45) is 5.92 Å². The van der Waals surface area contributed by atoms with Gasteiger partial charge < -0.3 is 15.4 Å². The Labute approximate surface area is 116 Å². The van der Waals surface area contributed by atoms with E-state index in [1.54, 1.807) is 0 Å². The molecule has 1 atom stereocenters. The first-order valence-corrected chi connectivity index (χ1v) is 7.13. The van der Waals surface area contributed by atoms with Gasteiger partial charge >= 0.3 is 0 Å². The van der Waals surface area contributed by atoms with Crippen LogP contribution in [0.2, 0.25) is 0 Å². The fraction of sp³-hybridized carbons (Fsp3) is 0.857. The second-order valence-electron chi connectivity index (χ2n) is 4.82. The van der Waals surface area contributed by atoms with Gasteiger partial charge in [0.05, 0.1) is 19.3 Å². The van der Waals surface area contributed by atoms with E-state index in [1.807, 2.05) is 27.7 Å². The molecule has 0 aliphatic rings. The molecule has 5 heteroatoms. The summed E-state index contributed by atoms with van der Waals surface area (Å²) in [4.78, 5) is 23.4. The number of Topliss-reactive ketones (excluding diaryl/α,β-unsaturated/α-hetero) is 1. The molecule has 0 spiro atoms. The van der Waals surface area contributed by atoms with Crippen molar-refractivity contribution >= 4 is 11.7 Å². The van der Waals surface area contributed by atoms with Crippen LogP contribution in [0.5, 0.6) is 0 Å². The quantitative estimate of drug-likeness (QED) is 0.553. The number of hydrogen-bond acceptors (Lipinski definition) is 4. The van der Waals surface area contributed by atoms with E-state index in [0.29, 0.717) is 26.1 Å². The molecule has 0 fully saturated rings. The molecule has 1 amide bonds. The fourth-order valence-electron chi connectivity index (χ4n) is 1.67. The molecular formula is C14H28N2O3. The molecule has 0 radical (unpaired) electrons. The van der Waals surface area contributed by atoms with Crippen molar-refractivity contribution in [2.45, 2.75) is 46.6 Å².